The van der Waals surface area contributed by atoms with Crippen LogP contribution >= 0.6 is 0 Å². The van der Waals surface area contributed by atoms with Crippen molar-refractivity contribution in [3.8, 4) is 5.75 Å². The van der Waals surface area contributed by atoms with Gasteiger partial charge in [0.1, 0.15) is 23.1 Å². The second kappa shape index (κ2) is 7.43. The third-order valence-electron chi connectivity index (χ3n) is 7.44. The van der Waals surface area contributed by atoms with E-state index in [4.69, 9.17) is 9.15 Å². The molecule has 174 valence electrons. The zero-order chi connectivity index (χ0) is 23.7. The van der Waals surface area contributed by atoms with Crippen molar-refractivity contribution in [1.82, 2.24) is 4.90 Å². The van der Waals surface area contributed by atoms with Crippen molar-refractivity contribution in [1.29, 1.82) is 0 Å². The molecule has 1 saturated heterocycles. The Morgan fingerprint density at radius 1 is 1.12 bits per heavy atom. The summed E-state index contributed by atoms with van der Waals surface area (Å²) in [6.45, 7) is 1.57. The number of aliphatic hydroxyl groups is 1. The Morgan fingerprint density at radius 2 is 1.88 bits per heavy atom. The Morgan fingerprint density at radius 3 is 2.65 bits per heavy atom. The minimum atomic E-state index is -1.17. The van der Waals surface area contributed by atoms with Gasteiger partial charge in [0.15, 0.2) is 0 Å². The number of amides is 1. The molecule has 2 aliphatic heterocycles. The Bertz CT molecular complexity index is 1450. The first-order valence-corrected chi connectivity index (χ1v) is 11.5. The van der Waals surface area contributed by atoms with Crippen LogP contribution in [-0.2, 0) is 9.59 Å². The summed E-state index contributed by atoms with van der Waals surface area (Å²) in [6, 6.07) is 12.0. The highest BCUT2D eigenvalue weighted by Crippen LogP contribution is 2.53. The van der Waals surface area contributed by atoms with Gasteiger partial charge in [-0.05, 0) is 44.4 Å². The fraction of sp³-hybridized carbons (Fsp3) is 0.346. The monoisotopic (exact) mass is 461 g/mol. The van der Waals surface area contributed by atoms with E-state index in [0.29, 0.717) is 34.1 Å². The number of rotatable bonds is 4. The Hall–Kier alpha value is -3.65. The number of carboxylic acid groups (broad SMARTS) is 1. The Balaban J connectivity index is 1.48. The van der Waals surface area contributed by atoms with Gasteiger partial charge in [-0.3, -0.25) is 4.79 Å². The fourth-order valence-electron chi connectivity index (χ4n) is 6.10. The van der Waals surface area contributed by atoms with Crippen molar-refractivity contribution in [2.24, 2.45) is 11.8 Å². The van der Waals surface area contributed by atoms with Crippen molar-refractivity contribution in [3.05, 3.63) is 64.2 Å². The molecule has 6 rings (SSSR count). The van der Waals surface area contributed by atoms with Crippen LogP contribution in [0, 0.1) is 11.8 Å². The fourth-order valence-corrected chi connectivity index (χ4v) is 6.10. The molecule has 3 heterocycles. The van der Waals surface area contributed by atoms with Gasteiger partial charge in [0, 0.05) is 22.3 Å². The van der Waals surface area contributed by atoms with Gasteiger partial charge in [-0.15, -0.1) is 0 Å². The molecule has 5 atom stereocenters. The number of β-lactam (4-membered cyclic amide) rings is 1. The lowest BCUT2D eigenvalue weighted by molar-refractivity contribution is -0.163. The van der Waals surface area contributed by atoms with Gasteiger partial charge in [0.25, 0.3) is 0 Å². The zero-order valence-electron chi connectivity index (χ0n) is 18.4. The molecule has 8 nitrogen and oxygen atoms in total. The minimum absolute atomic E-state index is 0.0220. The lowest BCUT2D eigenvalue weighted by atomic mass is 9.71. The maximum absolute atomic E-state index is 12.7. The van der Waals surface area contributed by atoms with Crippen LogP contribution in [0.4, 0.5) is 0 Å². The van der Waals surface area contributed by atoms with E-state index < -0.39 is 29.7 Å². The summed E-state index contributed by atoms with van der Waals surface area (Å²) in [5, 5.41) is 21.9. The number of carbonyl (C=O) groups is 2. The lowest BCUT2D eigenvalue weighted by Crippen LogP contribution is -2.64. The highest BCUT2D eigenvalue weighted by Gasteiger charge is 2.62. The van der Waals surface area contributed by atoms with E-state index in [1.165, 1.54) is 4.90 Å². The molecule has 1 aromatic heterocycles. The molecular formula is C26H23NO7. The van der Waals surface area contributed by atoms with E-state index in [9.17, 15) is 24.6 Å². The van der Waals surface area contributed by atoms with Crippen LogP contribution < -0.4 is 10.4 Å². The van der Waals surface area contributed by atoms with E-state index in [1.807, 2.05) is 12.1 Å². The van der Waals surface area contributed by atoms with Crippen LogP contribution in [-0.4, -0.2) is 45.2 Å². The first kappa shape index (κ1) is 20.9. The summed E-state index contributed by atoms with van der Waals surface area (Å²) in [6.07, 6.45) is 0.699. The van der Waals surface area contributed by atoms with Gasteiger partial charge in [-0.25, -0.2) is 9.59 Å². The van der Waals surface area contributed by atoms with Gasteiger partial charge in [0.2, 0.25) is 5.91 Å². The number of hydrogen-bond acceptors (Lipinski definition) is 6. The summed E-state index contributed by atoms with van der Waals surface area (Å²) in [5.41, 5.74) is 0.552. The van der Waals surface area contributed by atoms with Crippen molar-refractivity contribution in [2.45, 2.75) is 44.4 Å². The molecule has 34 heavy (non-hydrogen) atoms. The van der Waals surface area contributed by atoms with Gasteiger partial charge >= 0.3 is 11.6 Å². The standard InChI is InChI=1S/C26H23NO7/c1-12(28)19-22-14-7-4-11-18(21(14)23(25(30)31)27(22)24(19)29)33-17-10-5-8-15-20(17)13-6-2-3-9-16(13)34-26(15)32/h2-3,5-6,8-10,12,14,18-19,22,28H,4,7,11H2,1H3,(H,30,31)/t12?,14-,18?,19?,22?/m0/s1. The van der Waals surface area contributed by atoms with E-state index in [2.05, 4.69) is 0 Å². The number of benzene rings is 2. The Labute approximate surface area is 194 Å². The molecule has 0 radical (unpaired) electrons. The highest BCUT2D eigenvalue weighted by molar-refractivity contribution is 6.07. The lowest BCUT2D eigenvalue weighted by Gasteiger charge is -2.47. The van der Waals surface area contributed by atoms with Crippen LogP contribution in [0.25, 0.3) is 21.7 Å². The molecule has 1 saturated carbocycles. The second-order valence-electron chi connectivity index (χ2n) is 9.28. The molecule has 0 bridgehead atoms. The van der Waals surface area contributed by atoms with Crippen molar-refractivity contribution in [2.75, 3.05) is 0 Å². The summed E-state index contributed by atoms with van der Waals surface area (Å²) in [5.74, 6) is -1.84. The average Bonchev–Trinajstić information content (AvgIpc) is 3.11. The molecule has 2 fully saturated rings. The van der Waals surface area contributed by atoms with Crippen LogP contribution in [0.5, 0.6) is 5.75 Å². The molecule has 4 unspecified atom stereocenters. The van der Waals surface area contributed by atoms with Gasteiger partial charge in [-0.2, -0.15) is 0 Å². The molecule has 1 aliphatic carbocycles. The third kappa shape index (κ3) is 2.78. The zero-order valence-corrected chi connectivity index (χ0v) is 18.4. The van der Waals surface area contributed by atoms with E-state index in [1.54, 1.807) is 37.3 Å². The molecule has 2 N–H and O–H groups in total. The molecule has 3 aliphatic rings. The number of ether oxygens (including phenoxy) is 1. The normalized spacial score (nSPS) is 26.9. The number of para-hydroxylation sites is 1. The number of aliphatic carboxylic acids is 1. The number of hydrogen-bond donors (Lipinski definition) is 2. The van der Waals surface area contributed by atoms with Crippen molar-refractivity contribution >= 4 is 33.6 Å². The second-order valence-corrected chi connectivity index (χ2v) is 9.28. The first-order valence-electron chi connectivity index (χ1n) is 11.5. The summed E-state index contributed by atoms with van der Waals surface area (Å²) in [4.78, 5) is 39.0. The smallest absolute Gasteiger partial charge is 0.352 e. The topological polar surface area (TPSA) is 117 Å². The highest BCUT2D eigenvalue weighted by atomic mass is 16.5. The predicted octanol–water partition coefficient (Wildman–Crippen LogP) is 3.05. The molecular weight excluding hydrogens is 438 g/mol. The van der Waals surface area contributed by atoms with Crippen LogP contribution in [0.1, 0.15) is 26.2 Å². The van der Waals surface area contributed by atoms with Crippen LogP contribution in [0.15, 0.2) is 62.9 Å². The molecule has 2 aromatic carbocycles. The van der Waals surface area contributed by atoms with E-state index in [-0.39, 0.29) is 23.6 Å². The largest absolute Gasteiger partial charge is 0.485 e. The Kier molecular flexibility index (Phi) is 4.57. The first-order chi connectivity index (χ1) is 16.4. The third-order valence-corrected chi connectivity index (χ3v) is 7.44. The van der Waals surface area contributed by atoms with Crippen LogP contribution in [0.2, 0.25) is 0 Å². The van der Waals surface area contributed by atoms with Gasteiger partial charge in [0.05, 0.1) is 23.4 Å². The van der Waals surface area contributed by atoms with Gasteiger partial charge in [-0.1, -0.05) is 24.3 Å². The summed E-state index contributed by atoms with van der Waals surface area (Å²) in [7, 11) is 0. The quantitative estimate of drug-likeness (QED) is 0.348. The number of carboxylic acids is 1. The molecule has 8 heteroatoms. The van der Waals surface area contributed by atoms with Crippen LogP contribution in [0.3, 0.4) is 0 Å². The van der Waals surface area contributed by atoms with E-state index >= 15 is 0 Å². The predicted molar refractivity (Wildman–Crippen MR) is 122 cm³/mol. The van der Waals surface area contributed by atoms with E-state index in [0.717, 1.165) is 18.2 Å². The van der Waals surface area contributed by atoms with Crippen molar-refractivity contribution in [3.63, 3.8) is 0 Å². The number of fused-ring (bicyclic) bond motifs is 6. The molecule has 1 amide bonds. The van der Waals surface area contributed by atoms with Gasteiger partial charge < -0.3 is 24.3 Å². The number of aliphatic hydroxyl groups excluding tert-OH is 1. The maximum Gasteiger partial charge on any atom is 0.352 e. The maximum atomic E-state index is 12.7. The summed E-state index contributed by atoms with van der Waals surface area (Å²) >= 11 is 0. The molecule has 3 aromatic rings. The SMILES string of the molecule is CC(O)C1C(=O)N2C(C(=O)O)=C3C(Oc4cccc5c(=O)oc6ccccc6c45)CCC[C@@H]3C12. The minimum Gasteiger partial charge on any atom is -0.485 e. The average molecular weight is 461 g/mol. The molecule has 0 spiro atoms. The summed E-state index contributed by atoms with van der Waals surface area (Å²) < 4.78 is 11.9. The van der Waals surface area contributed by atoms with Crippen molar-refractivity contribution < 1.29 is 29.0 Å². The number of nitrogens with zero attached hydrogens (tertiary/aromatic N) is 1. The number of carbonyl (C=O) groups excluding carboxylic acids is 1.